The molecule has 2 heterocycles. The summed E-state index contributed by atoms with van der Waals surface area (Å²) in [4.78, 5) is 11.7. The van der Waals surface area contributed by atoms with Crippen molar-refractivity contribution in [2.24, 2.45) is 0 Å². The molecule has 1 atom stereocenters. The molecule has 0 aromatic carbocycles. The quantitative estimate of drug-likeness (QED) is 0.828. The molecule has 0 radical (unpaired) electrons. The largest absolute Gasteiger partial charge is 0.310 e. The number of amides is 1. The fraction of sp³-hybridized carbons (Fsp3) is 0.600. The van der Waals surface area contributed by atoms with Crippen molar-refractivity contribution in [1.29, 1.82) is 0 Å². The van der Waals surface area contributed by atoms with Crippen LogP contribution in [0.3, 0.4) is 0 Å². The minimum absolute atomic E-state index is 0.446. The highest BCUT2D eigenvalue weighted by Crippen LogP contribution is 2.25. The van der Waals surface area contributed by atoms with Crippen LogP contribution in [0.5, 0.6) is 0 Å². The van der Waals surface area contributed by atoms with Crippen LogP contribution in [0.25, 0.3) is 0 Å². The van der Waals surface area contributed by atoms with Gasteiger partial charge in [0.25, 0.3) is 5.92 Å². The number of nitrogens with zero attached hydrogens (tertiary/aromatic N) is 2. The zero-order chi connectivity index (χ0) is 12.5. The highest BCUT2D eigenvalue weighted by Gasteiger charge is 2.42. The first-order valence-corrected chi connectivity index (χ1v) is 5.46. The standard InChI is InChI=1S/C10H14F2N4O/c1-2-16-8(3-4-14-16)15-9(17)7-5-10(11,12)6-13-7/h3-4,7,13H,2,5-6H2,1H3,(H,15,17). The fourth-order valence-corrected chi connectivity index (χ4v) is 1.81. The number of carbonyl (C=O) groups excluding carboxylic acids is 1. The normalized spacial score (nSPS) is 22.6. The fourth-order valence-electron chi connectivity index (χ4n) is 1.81. The summed E-state index contributed by atoms with van der Waals surface area (Å²) in [6.07, 6.45) is 1.09. The summed E-state index contributed by atoms with van der Waals surface area (Å²) < 4.78 is 27.4. The number of aryl methyl sites for hydroxylation is 1. The summed E-state index contributed by atoms with van der Waals surface area (Å²) in [5.74, 6) is -2.72. The summed E-state index contributed by atoms with van der Waals surface area (Å²) >= 11 is 0. The molecule has 0 bridgehead atoms. The molecule has 0 aliphatic carbocycles. The second-order valence-corrected chi connectivity index (χ2v) is 4.02. The molecule has 1 aromatic rings. The summed E-state index contributed by atoms with van der Waals surface area (Å²) in [5, 5.41) is 9.07. The third-order valence-corrected chi connectivity index (χ3v) is 2.69. The molecule has 7 heteroatoms. The number of aromatic nitrogens is 2. The summed E-state index contributed by atoms with van der Waals surface area (Å²) in [5.41, 5.74) is 0. The number of carbonyl (C=O) groups is 1. The van der Waals surface area contributed by atoms with Crippen molar-refractivity contribution in [2.75, 3.05) is 11.9 Å². The molecule has 1 aromatic heterocycles. The molecule has 1 unspecified atom stereocenters. The first-order valence-electron chi connectivity index (χ1n) is 5.46. The van der Waals surface area contributed by atoms with Gasteiger partial charge in [-0.2, -0.15) is 5.10 Å². The van der Waals surface area contributed by atoms with Crippen LogP contribution in [0.1, 0.15) is 13.3 Å². The van der Waals surface area contributed by atoms with Crippen LogP contribution in [0.15, 0.2) is 12.3 Å². The molecular weight excluding hydrogens is 230 g/mol. The van der Waals surface area contributed by atoms with Crippen LogP contribution in [0.4, 0.5) is 14.6 Å². The molecule has 94 valence electrons. The Hall–Kier alpha value is -1.50. The number of anilines is 1. The van der Waals surface area contributed by atoms with E-state index in [9.17, 15) is 13.6 Å². The Morgan fingerprint density at radius 1 is 1.76 bits per heavy atom. The molecule has 1 saturated heterocycles. The van der Waals surface area contributed by atoms with E-state index < -0.39 is 30.8 Å². The minimum atomic E-state index is -2.80. The van der Waals surface area contributed by atoms with Gasteiger partial charge in [-0.05, 0) is 6.92 Å². The highest BCUT2D eigenvalue weighted by atomic mass is 19.3. The minimum Gasteiger partial charge on any atom is -0.310 e. The van der Waals surface area contributed by atoms with Gasteiger partial charge in [0.15, 0.2) is 0 Å². The van der Waals surface area contributed by atoms with E-state index in [0.717, 1.165) is 0 Å². The van der Waals surface area contributed by atoms with Crippen molar-refractivity contribution in [2.45, 2.75) is 31.9 Å². The van der Waals surface area contributed by atoms with E-state index in [1.54, 1.807) is 16.9 Å². The molecule has 2 rings (SSSR count). The van der Waals surface area contributed by atoms with Gasteiger partial charge in [-0.15, -0.1) is 0 Å². The first-order chi connectivity index (χ1) is 8.02. The van der Waals surface area contributed by atoms with Crippen molar-refractivity contribution in [3.8, 4) is 0 Å². The SMILES string of the molecule is CCn1nccc1NC(=O)C1CC(F)(F)CN1. The second kappa shape index (κ2) is 4.40. The lowest BCUT2D eigenvalue weighted by molar-refractivity contribution is -0.118. The topological polar surface area (TPSA) is 59.0 Å². The molecular formula is C10H14F2N4O. The predicted molar refractivity (Wildman–Crippen MR) is 57.9 cm³/mol. The maximum atomic E-state index is 12.9. The summed E-state index contributed by atoms with van der Waals surface area (Å²) in [7, 11) is 0. The molecule has 1 aliphatic heterocycles. The van der Waals surface area contributed by atoms with Crippen molar-refractivity contribution in [1.82, 2.24) is 15.1 Å². The highest BCUT2D eigenvalue weighted by molar-refractivity contribution is 5.94. The van der Waals surface area contributed by atoms with Crippen molar-refractivity contribution in [3.63, 3.8) is 0 Å². The van der Waals surface area contributed by atoms with Crippen LogP contribution in [-0.2, 0) is 11.3 Å². The van der Waals surface area contributed by atoms with Gasteiger partial charge < -0.3 is 5.32 Å². The molecule has 5 nitrogen and oxygen atoms in total. The lowest BCUT2D eigenvalue weighted by atomic mass is 10.2. The molecule has 2 N–H and O–H groups in total. The molecule has 17 heavy (non-hydrogen) atoms. The van der Waals surface area contributed by atoms with Gasteiger partial charge in [0.2, 0.25) is 5.91 Å². The third-order valence-electron chi connectivity index (χ3n) is 2.69. The first kappa shape index (κ1) is 12.0. The van der Waals surface area contributed by atoms with Crippen LogP contribution in [0.2, 0.25) is 0 Å². The van der Waals surface area contributed by atoms with E-state index in [-0.39, 0.29) is 0 Å². The zero-order valence-corrected chi connectivity index (χ0v) is 9.41. The number of hydrogen-bond donors (Lipinski definition) is 2. The average Bonchev–Trinajstić information content (AvgIpc) is 2.84. The smallest absolute Gasteiger partial charge is 0.262 e. The van der Waals surface area contributed by atoms with Gasteiger partial charge in [0.1, 0.15) is 5.82 Å². The van der Waals surface area contributed by atoms with Crippen molar-refractivity contribution >= 4 is 11.7 Å². The summed E-state index contributed by atoms with van der Waals surface area (Å²) in [6, 6.07) is 0.791. The zero-order valence-electron chi connectivity index (χ0n) is 9.41. The third kappa shape index (κ3) is 2.60. The van der Waals surface area contributed by atoms with Gasteiger partial charge in [0.05, 0.1) is 18.8 Å². The van der Waals surface area contributed by atoms with E-state index >= 15 is 0 Å². The lowest BCUT2D eigenvalue weighted by Crippen LogP contribution is -2.36. The van der Waals surface area contributed by atoms with Crippen LogP contribution < -0.4 is 10.6 Å². The van der Waals surface area contributed by atoms with Gasteiger partial charge >= 0.3 is 0 Å². The van der Waals surface area contributed by atoms with Crippen LogP contribution in [-0.4, -0.2) is 34.2 Å². The van der Waals surface area contributed by atoms with Crippen molar-refractivity contribution < 1.29 is 13.6 Å². The number of rotatable bonds is 3. The molecule has 1 aliphatic rings. The Morgan fingerprint density at radius 3 is 3.12 bits per heavy atom. The number of nitrogens with one attached hydrogen (secondary N) is 2. The Kier molecular flexibility index (Phi) is 3.10. The van der Waals surface area contributed by atoms with Gasteiger partial charge in [-0.1, -0.05) is 0 Å². The Balaban J connectivity index is 1.98. The Bertz CT molecular complexity index is 418. The predicted octanol–water partition coefficient (Wildman–Crippen LogP) is 0.839. The molecule has 0 spiro atoms. The van der Waals surface area contributed by atoms with Crippen LogP contribution in [0, 0.1) is 0 Å². The Morgan fingerprint density at radius 2 is 2.53 bits per heavy atom. The van der Waals surface area contributed by atoms with Gasteiger partial charge in [-0.25, -0.2) is 13.5 Å². The maximum Gasteiger partial charge on any atom is 0.262 e. The molecule has 1 fully saturated rings. The number of halogens is 2. The van der Waals surface area contributed by atoms with E-state index in [4.69, 9.17) is 0 Å². The number of hydrogen-bond acceptors (Lipinski definition) is 3. The molecule has 1 amide bonds. The second-order valence-electron chi connectivity index (χ2n) is 4.02. The van der Waals surface area contributed by atoms with Crippen LogP contribution >= 0.6 is 0 Å². The van der Waals surface area contributed by atoms with Crippen molar-refractivity contribution in [3.05, 3.63) is 12.3 Å². The van der Waals surface area contributed by atoms with E-state index in [0.29, 0.717) is 12.4 Å². The average molecular weight is 244 g/mol. The lowest BCUT2D eigenvalue weighted by Gasteiger charge is -2.11. The number of alkyl halides is 2. The van der Waals surface area contributed by atoms with Gasteiger partial charge in [0, 0.05) is 19.0 Å². The molecule has 0 saturated carbocycles. The van der Waals surface area contributed by atoms with E-state index in [1.807, 2.05) is 6.92 Å². The Labute approximate surface area is 97.2 Å². The monoisotopic (exact) mass is 244 g/mol. The van der Waals surface area contributed by atoms with E-state index in [1.165, 1.54) is 0 Å². The van der Waals surface area contributed by atoms with Gasteiger partial charge in [-0.3, -0.25) is 10.1 Å². The van der Waals surface area contributed by atoms with E-state index in [2.05, 4.69) is 15.7 Å². The maximum absolute atomic E-state index is 12.9. The summed E-state index contributed by atoms with van der Waals surface area (Å²) in [6.45, 7) is 2.04.